The van der Waals surface area contributed by atoms with Crippen molar-refractivity contribution >= 4 is 22.3 Å². The van der Waals surface area contributed by atoms with E-state index in [1.54, 1.807) is 12.5 Å². The molecule has 3 heteroatoms. The summed E-state index contributed by atoms with van der Waals surface area (Å²) in [5.74, 6) is 0. The molecule has 1 aromatic rings. The van der Waals surface area contributed by atoms with Gasteiger partial charge in [-0.15, -0.1) is 0 Å². The van der Waals surface area contributed by atoms with E-state index in [0.717, 1.165) is 3.91 Å². The molecular formula is C6H11NOSn. The van der Waals surface area contributed by atoms with Gasteiger partial charge in [0, 0.05) is 0 Å². The van der Waals surface area contributed by atoms with E-state index in [4.69, 9.17) is 4.42 Å². The van der Waals surface area contributed by atoms with Gasteiger partial charge in [0.05, 0.1) is 0 Å². The Bertz CT molecular complexity index is 175. The number of hydrogen-bond donors (Lipinski definition) is 0. The Kier molecular flexibility index (Phi) is 1.84. The average Bonchev–Trinajstić information content (AvgIpc) is 2.08. The SMILES string of the molecule is [CH3][Sn]([CH3])([CH3])[c]1ncco1. The molecule has 0 saturated heterocycles. The number of nitrogens with zero attached hydrogens (tertiary/aromatic N) is 1. The van der Waals surface area contributed by atoms with E-state index in [1.807, 2.05) is 0 Å². The molecule has 1 aromatic heterocycles. The minimum absolute atomic E-state index is 1.00. The maximum absolute atomic E-state index is 5.18. The van der Waals surface area contributed by atoms with Crippen molar-refractivity contribution in [1.82, 2.24) is 4.98 Å². The van der Waals surface area contributed by atoms with Crippen molar-refractivity contribution in [3.63, 3.8) is 0 Å². The summed E-state index contributed by atoms with van der Waals surface area (Å²) in [6.45, 7) is 0. The van der Waals surface area contributed by atoms with Gasteiger partial charge in [-0.1, -0.05) is 0 Å². The average molecular weight is 232 g/mol. The Hall–Kier alpha value is 0.00870. The van der Waals surface area contributed by atoms with Crippen LogP contribution in [-0.4, -0.2) is 23.4 Å². The van der Waals surface area contributed by atoms with Crippen LogP contribution in [0, 0.1) is 0 Å². The molecular weight excluding hydrogens is 221 g/mol. The summed E-state index contributed by atoms with van der Waals surface area (Å²) in [5.41, 5.74) is 0. The van der Waals surface area contributed by atoms with Crippen LogP contribution >= 0.6 is 0 Å². The van der Waals surface area contributed by atoms with E-state index in [2.05, 4.69) is 19.8 Å². The molecule has 0 atom stereocenters. The Balaban J connectivity index is 2.90. The molecule has 0 aromatic carbocycles. The quantitative estimate of drug-likeness (QED) is 0.680. The predicted molar refractivity (Wildman–Crippen MR) is 39.5 cm³/mol. The molecule has 0 N–H and O–H groups in total. The van der Waals surface area contributed by atoms with Crippen molar-refractivity contribution in [3.8, 4) is 0 Å². The van der Waals surface area contributed by atoms with Gasteiger partial charge in [-0.3, -0.25) is 0 Å². The van der Waals surface area contributed by atoms with Gasteiger partial charge in [0.25, 0.3) is 0 Å². The number of oxazole rings is 1. The first-order valence-electron chi connectivity index (χ1n) is 3.00. The second kappa shape index (κ2) is 2.32. The number of rotatable bonds is 1. The molecule has 0 saturated carbocycles. The molecule has 0 fully saturated rings. The maximum atomic E-state index is 5.18. The van der Waals surface area contributed by atoms with E-state index in [1.165, 1.54) is 0 Å². The Morgan fingerprint density at radius 2 is 2.11 bits per heavy atom. The fourth-order valence-corrected chi connectivity index (χ4v) is 3.12. The summed E-state index contributed by atoms with van der Waals surface area (Å²) in [6.07, 6.45) is 3.37. The fourth-order valence-electron chi connectivity index (χ4n) is 0.594. The van der Waals surface area contributed by atoms with Crippen LogP contribution in [0.1, 0.15) is 0 Å². The van der Waals surface area contributed by atoms with Gasteiger partial charge in [0.15, 0.2) is 0 Å². The topological polar surface area (TPSA) is 26.0 Å². The number of aromatic nitrogens is 1. The molecule has 9 heavy (non-hydrogen) atoms. The van der Waals surface area contributed by atoms with Crippen molar-refractivity contribution in [1.29, 1.82) is 0 Å². The van der Waals surface area contributed by atoms with Gasteiger partial charge in [-0.25, -0.2) is 0 Å². The predicted octanol–water partition coefficient (Wildman–Crippen LogP) is 1.22. The van der Waals surface area contributed by atoms with Crippen LogP contribution in [0.3, 0.4) is 0 Å². The van der Waals surface area contributed by atoms with Crippen molar-refractivity contribution < 1.29 is 4.42 Å². The minimum atomic E-state index is -1.93. The fraction of sp³-hybridized carbons (Fsp3) is 0.500. The molecule has 2 nitrogen and oxygen atoms in total. The van der Waals surface area contributed by atoms with Crippen LogP contribution in [0.15, 0.2) is 16.9 Å². The van der Waals surface area contributed by atoms with Gasteiger partial charge in [-0.2, -0.15) is 0 Å². The van der Waals surface area contributed by atoms with E-state index in [-0.39, 0.29) is 0 Å². The van der Waals surface area contributed by atoms with Crippen molar-refractivity contribution in [3.05, 3.63) is 12.5 Å². The van der Waals surface area contributed by atoms with Crippen LogP contribution < -0.4 is 3.91 Å². The first-order chi connectivity index (χ1) is 4.11. The van der Waals surface area contributed by atoms with Gasteiger partial charge in [-0.05, 0) is 0 Å². The Morgan fingerprint density at radius 1 is 1.44 bits per heavy atom. The molecule has 50 valence electrons. The summed E-state index contributed by atoms with van der Waals surface area (Å²) in [7, 11) is 0. The van der Waals surface area contributed by atoms with Crippen LogP contribution in [0.25, 0.3) is 0 Å². The molecule has 0 aliphatic heterocycles. The summed E-state index contributed by atoms with van der Waals surface area (Å²) in [6, 6.07) is 0. The van der Waals surface area contributed by atoms with Crippen LogP contribution in [0.5, 0.6) is 0 Å². The molecule has 0 spiro atoms. The second-order valence-corrected chi connectivity index (χ2v) is 17.2. The first-order valence-corrected chi connectivity index (χ1v) is 13.0. The summed E-state index contributed by atoms with van der Waals surface area (Å²) >= 11 is -1.93. The van der Waals surface area contributed by atoms with Crippen LogP contribution in [0.2, 0.25) is 14.8 Å². The van der Waals surface area contributed by atoms with Crippen molar-refractivity contribution in [2.75, 3.05) is 0 Å². The van der Waals surface area contributed by atoms with Gasteiger partial charge in [0.2, 0.25) is 0 Å². The van der Waals surface area contributed by atoms with E-state index in [9.17, 15) is 0 Å². The van der Waals surface area contributed by atoms with Crippen LogP contribution in [-0.2, 0) is 0 Å². The summed E-state index contributed by atoms with van der Waals surface area (Å²) < 4.78 is 6.18. The van der Waals surface area contributed by atoms with Gasteiger partial charge < -0.3 is 0 Å². The molecule has 0 radical (unpaired) electrons. The molecule has 0 amide bonds. The monoisotopic (exact) mass is 233 g/mol. The summed E-state index contributed by atoms with van der Waals surface area (Å²) in [5, 5.41) is 0. The third kappa shape index (κ3) is 1.71. The molecule has 0 bridgehead atoms. The Labute approximate surface area is 59.2 Å². The standard InChI is InChI=1S/C3H2NO.3CH3.Sn/c1-2-5-3-4-1;;;;/h1-2H;3*1H3;. The first kappa shape index (κ1) is 7.12. The van der Waals surface area contributed by atoms with Crippen LogP contribution in [0.4, 0.5) is 0 Å². The molecule has 0 unspecified atom stereocenters. The zero-order valence-corrected chi connectivity index (χ0v) is 8.86. The third-order valence-corrected chi connectivity index (χ3v) is 5.44. The second-order valence-electron chi connectivity index (χ2n) is 3.09. The van der Waals surface area contributed by atoms with Gasteiger partial charge in [0.1, 0.15) is 0 Å². The normalized spacial score (nSPS) is 11.9. The van der Waals surface area contributed by atoms with E-state index < -0.39 is 18.4 Å². The van der Waals surface area contributed by atoms with Gasteiger partial charge >= 0.3 is 59.0 Å². The molecule has 1 rings (SSSR count). The van der Waals surface area contributed by atoms with Crippen molar-refractivity contribution in [2.45, 2.75) is 14.8 Å². The van der Waals surface area contributed by atoms with Crippen molar-refractivity contribution in [2.24, 2.45) is 0 Å². The molecule has 0 aliphatic rings. The summed E-state index contributed by atoms with van der Waals surface area (Å²) in [4.78, 5) is 10.9. The third-order valence-electron chi connectivity index (χ3n) is 1.07. The zero-order valence-electron chi connectivity index (χ0n) is 6.01. The number of hydrogen-bond acceptors (Lipinski definition) is 2. The molecule has 0 aliphatic carbocycles. The molecule has 1 heterocycles. The van der Waals surface area contributed by atoms with E-state index in [0.29, 0.717) is 0 Å². The zero-order chi connectivity index (χ0) is 6.91. The Morgan fingerprint density at radius 3 is 2.33 bits per heavy atom. The van der Waals surface area contributed by atoms with E-state index >= 15 is 0 Å².